The van der Waals surface area contributed by atoms with Gasteiger partial charge in [-0.3, -0.25) is 9.78 Å². The molecule has 0 saturated heterocycles. The summed E-state index contributed by atoms with van der Waals surface area (Å²) in [6.07, 6.45) is 0. The van der Waals surface area contributed by atoms with Crippen LogP contribution in [-0.2, 0) is 30.8 Å². The Morgan fingerprint density at radius 2 is 1.06 bits per heavy atom. The number of alkyl halides is 1. The maximum atomic E-state index is 12.7. The van der Waals surface area contributed by atoms with Crippen molar-refractivity contribution in [2.75, 3.05) is 14.2 Å². The van der Waals surface area contributed by atoms with Gasteiger partial charge in [0.1, 0.15) is 20.4 Å². The molecule has 12 nitrogen and oxygen atoms in total. The third-order valence-corrected chi connectivity index (χ3v) is 12.0. The first-order valence-corrected chi connectivity index (χ1v) is 24.4. The number of benzene rings is 6. The number of hydrogen-bond donors (Lipinski definition) is 1. The van der Waals surface area contributed by atoms with Gasteiger partial charge in [-0.25, -0.2) is 19.2 Å². The number of ether oxygens (including phenoxy) is 4. The number of H-pyrrole nitrogens is 1. The molecule has 0 unspecified atom stereocenters. The number of nitrogens with one attached hydrogen (secondary N) is 1. The summed E-state index contributed by atoms with van der Waals surface area (Å²) >= 11 is 10.2. The van der Waals surface area contributed by atoms with Gasteiger partial charge in [0.25, 0.3) is 0 Å². The van der Waals surface area contributed by atoms with E-state index >= 15 is 0 Å². The normalized spacial score (nSPS) is 11.0. The molecule has 8 aromatic rings. The molecule has 0 atom stereocenters. The van der Waals surface area contributed by atoms with Gasteiger partial charge in [-0.05, 0) is 155 Å². The zero-order valence-electron chi connectivity index (χ0n) is 41.4. The van der Waals surface area contributed by atoms with E-state index in [1.165, 1.54) is 19.8 Å². The van der Waals surface area contributed by atoms with Gasteiger partial charge in [-0.15, -0.1) is 0 Å². The molecule has 0 saturated carbocycles. The topological polar surface area (TPSA) is 152 Å². The minimum atomic E-state index is -0.563. The van der Waals surface area contributed by atoms with E-state index in [0.29, 0.717) is 33.4 Å². The SMILES string of the molecule is CC(C)(C)OC(=O)c1ccccc1-c1ccc(CBr)cc1.COC(=O)c1ccc2c(c1)c(Br)nn2Cc1ccc(-c2ccccc2C(=O)OC(C)(C)C)cc1.COC(=O)c1ccc2n[nH]c(Br)c2c1.[H-].[Na+]. The Morgan fingerprint density at radius 1 is 0.600 bits per heavy atom. The quantitative estimate of drug-likeness (QED) is 0.0640. The van der Waals surface area contributed by atoms with E-state index < -0.39 is 11.2 Å². The van der Waals surface area contributed by atoms with Crippen LogP contribution in [0, 0.1) is 0 Å². The smallest absolute Gasteiger partial charge is 1.00 e. The Labute approximate surface area is 456 Å². The van der Waals surface area contributed by atoms with Crippen LogP contribution in [-0.4, -0.2) is 69.3 Å². The van der Waals surface area contributed by atoms with Crippen molar-refractivity contribution in [2.45, 2.75) is 64.6 Å². The summed E-state index contributed by atoms with van der Waals surface area (Å²) in [6, 6.07) is 41.7. The first-order valence-electron chi connectivity index (χ1n) is 21.6. The average Bonchev–Trinajstić information content (AvgIpc) is 3.87. The van der Waals surface area contributed by atoms with Crippen LogP contribution >= 0.6 is 47.8 Å². The summed E-state index contributed by atoms with van der Waals surface area (Å²) in [6.45, 7) is 11.7. The van der Waals surface area contributed by atoms with Crippen molar-refractivity contribution in [2.24, 2.45) is 0 Å². The first-order chi connectivity index (χ1) is 32.8. The van der Waals surface area contributed by atoms with Crippen LogP contribution in [0.5, 0.6) is 0 Å². The Bertz CT molecular complexity index is 3130. The number of carbonyl (C=O) groups excluding carboxylic acids is 4. The summed E-state index contributed by atoms with van der Waals surface area (Å²) in [4.78, 5) is 48.1. The second-order valence-corrected chi connectivity index (χ2v) is 19.7. The third-order valence-electron chi connectivity index (χ3n) is 10.2. The summed E-state index contributed by atoms with van der Waals surface area (Å²) < 4.78 is 23.8. The molecule has 8 rings (SSSR count). The van der Waals surface area contributed by atoms with E-state index in [-0.39, 0.29) is 54.9 Å². The molecule has 16 heteroatoms. The monoisotopic (exact) mass is 1140 g/mol. The van der Waals surface area contributed by atoms with Crippen LogP contribution in [0.4, 0.5) is 0 Å². The Morgan fingerprint density at radius 3 is 1.53 bits per heavy atom. The van der Waals surface area contributed by atoms with Crippen LogP contribution in [0.15, 0.2) is 143 Å². The molecule has 0 aliphatic rings. The molecule has 358 valence electrons. The number of hydrogen-bond acceptors (Lipinski definition) is 10. The van der Waals surface area contributed by atoms with Crippen molar-refractivity contribution in [1.82, 2.24) is 20.0 Å². The Kier molecular flexibility index (Phi) is 19.5. The Hall–Kier alpha value is -5.42. The summed E-state index contributed by atoms with van der Waals surface area (Å²) in [5, 5.41) is 13.9. The predicted octanol–water partition coefficient (Wildman–Crippen LogP) is 10.7. The number of halogens is 3. The zero-order chi connectivity index (χ0) is 50.0. The molecule has 2 heterocycles. The van der Waals surface area contributed by atoms with Crippen LogP contribution in [0.25, 0.3) is 44.1 Å². The Balaban J connectivity index is 0.000000252. The van der Waals surface area contributed by atoms with Gasteiger partial charge in [0.15, 0.2) is 0 Å². The van der Waals surface area contributed by atoms with E-state index in [1.807, 2.05) is 131 Å². The van der Waals surface area contributed by atoms with Crippen LogP contribution < -0.4 is 29.6 Å². The van der Waals surface area contributed by atoms with E-state index in [2.05, 4.69) is 80.0 Å². The van der Waals surface area contributed by atoms with E-state index in [0.717, 1.165) is 59.6 Å². The molecule has 0 amide bonds. The third kappa shape index (κ3) is 14.6. The fraction of sp³-hybridized carbons (Fsp3) is 0.222. The molecule has 0 radical (unpaired) electrons. The summed E-state index contributed by atoms with van der Waals surface area (Å²) in [5.41, 5.74) is 8.69. The molecule has 0 aliphatic carbocycles. The molecular weight excluding hydrogens is 1100 g/mol. The fourth-order valence-corrected chi connectivity index (χ4v) is 8.25. The number of aromatic amines is 1. The minimum absolute atomic E-state index is 0. The number of carbonyl (C=O) groups is 4. The first kappa shape index (κ1) is 55.5. The van der Waals surface area contributed by atoms with Gasteiger partial charge in [0, 0.05) is 16.1 Å². The predicted molar refractivity (Wildman–Crippen MR) is 281 cm³/mol. The van der Waals surface area contributed by atoms with Crippen LogP contribution in [0.3, 0.4) is 0 Å². The zero-order valence-corrected chi connectivity index (χ0v) is 47.1. The standard InChI is InChI=1S/C27H25BrN2O4.C18H19BrO2.C9H7BrN2O2.Na.H/c1-27(2,3)34-26(32)21-8-6-5-7-20(21)18-11-9-17(10-12-18)16-30-23-14-13-19(25(31)33-4)15-22(23)24(28)29-30;1-18(2,3)21-17(20)16-7-5-4-6-15(16)14-10-8-13(12-19)9-11-14;1-14-9(13)5-2-3-7-6(4-5)8(10)12-11-7;;/h5-15H,16H2,1-4H3;4-11H,12H2,1-3H3;2-4H,1H3,(H,11,12);;/q;;;+1;-1. The molecular formula is C54H52Br3N4NaO8. The van der Waals surface area contributed by atoms with Crippen molar-refractivity contribution < 1.29 is 69.1 Å². The van der Waals surface area contributed by atoms with Gasteiger partial charge >= 0.3 is 53.4 Å². The van der Waals surface area contributed by atoms with Crippen LogP contribution in [0.2, 0.25) is 0 Å². The van der Waals surface area contributed by atoms with E-state index in [9.17, 15) is 19.2 Å². The van der Waals surface area contributed by atoms with Gasteiger partial charge in [0.05, 0.1) is 54.1 Å². The maximum Gasteiger partial charge on any atom is 1.00 e. The van der Waals surface area contributed by atoms with Crippen molar-refractivity contribution >= 4 is 93.5 Å². The number of fused-ring (bicyclic) bond motifs is 2. The molecule has 0 bridgehead atoms. The molecule has 0 aliphatic heterocycles. The number of methoxy groups -OCH3 is 2. The maximum absolute atomic E-state index is 12.7. The van der Waals surface area contributed by atoms with Crippen molar-refractivity contribution in [3.8, 4) is 22.3 Å². The summed E-state index contributed by atoms with van der Waals surface area (Å²) in [7, 11) is 2.72. The fourth-order valence-electron chi connectivity index (χ4n) is 6.96. The van der Waals surface area contributed by atoms with Crippen molar-refractivity contribution in [3.63, 3.8) is 0 Å². The van der Waals surface area contributed by atoms with Gasteiger partial charge in [-0.2, -0.15) is 10.2 Å². The van der Waals surface area contributed by atoms with Gasteiger partial charge in [0.2, 0.25) is 0 Å². The molecule has 6 aromatic carbocycles. The van der Waals surface area contributed by atoms with Crippen LogP contribution in [0.1, 0.15) is 95.5 Å². The molecule has 2 aromatic heterocycles. The van der Waals surface area contributed by atoms with E-state index in [4.69, 9.17) is 14.2 Å². The number of esters is 4. The molecule has 70 heavy (non-hydrogen) atoms. The number of rotatable bonds is 9. The number of aromatic nitrogens is 4. The molecule has 1 N–H and O–H groups in total. The summed E-state index contributed by atoms with van der Waals surface area (Å²) in [5.74, 6) is -1.36. The van der Waals surface area contributed by atoms with Gasteiger partial charge < -0.3 is 20.4 Å². The minimum Gasteiger partial charge on any atom is -1.00 e. The average molecular weight is 1150 g/mol. The van der Waals surface area contributed by atoms with Crippen molar-refractivity contribution in [3.05, 3.63) is 176 Å². The largest absolute Gasteiger partial charge is 1.00 e. The van der Waals surface area contributed by atoms with Gasteiger partial charge in [-0.1, -0.05) is 101 Å². The second kappa shape index (κ2) is 24.6. The second-order valence-electron chi connectivity index (χ2n) is 17.6. The number of nitrogens with zero attached hydrogens (tertiary/aromatic N) is 3. The molecule has 0 spiro atoms. The van der Waals surface area contributed by atoms with E-state index in [1.54, 1.807) is 36.4 Å². The van der Waals surface area contributed by atoms with Crippen molar-refractivity contribution in [1.29, 1.82) is 0 Å². The molecule has 0 fully saturated rings.